The average Bonchev–Trinajstić information content (AvgIpc) is 3.20. The van der Waals surface area contributed by atoms with E-state index in [4.69, 9.17) is 57.7 Å². The molecule has 0 unspecified atom stereocenters. The van der Waals surface area contributed by atoms with Crippen LogP contribution in [0.1, 0.15) is 89.3 Å². The SMILES string of the molecule is CCC(COCCOC(=O)OOc1ccccc1C(C)C)(COCCOC(=O)OOc1ccccc1C(C)C)COCCOC(=O)OOc1ccccc1C(C)C. The number of carbonyl (C=O) groups excluding carboxylic acids is 3. The van der Waals surface area contributed by atoms with Gasteiger partial charge in [0.25, 0.3) is 0 Å². The van der Waals surface area contributed by atoms with Crippen molar-refractivity contribution in [3.8, 4) is 17.2 Å². The summed E-state index contributed by atoms with van der Waals surface area (Å²) in [6.07, 6.45) is -2.53. The van der Waals surface area contributed by atoms with Crippen LogP contribution in [0.5, 0.6) is 17.2 Å². The van der Waals surface area contributed by atoms with Crippen molar-refractivity contribution in [2.24, 2.45) is 5.41 Å². The minimum absolute atomic E-state index is 0.0310. The lowest BCUT2D eigenvalue weighted by molar-refractivity contribution is -0.172. The maximum atomic E-state index is 12.2. The Bertz CT molecular complexity index is 1450. The number of hydrogen-bond donors (Lipinski definition) is 0. The molecule has 57 heavy (non-hydrogen) atoms. The predicted octanol–water partition coefficient (Wildman–Crippen LogP) is 9.24. The van der Waals surface area contributed by atoms with Gasteiger partial charge < -0.3 is 28.4 Å². The summed E-state index contributed by atoms with van der Waals surface area (Å²) in [5.41, 5.74) is 1.93. The Labute approximate surface area is 334 Å². The first-order valence-corrected chi connectivity index (χ1v) is 19.0. The smallest absolute Gasteiger partial charge is 0.429 e. The molecule has 15 heteroatoms. The van der Waals surface area contributed by atoms with E-state index >= 15 is 0 Å². The largest absolute Gasteiger partial charge is 0.549 e. The molecule has 3 aromatic carbocycles. The lowest BCUT2D eigenvalue weighted by Crippen LogP contribution is -2.38. The summed E-state index contributed by atoms with van der Waals surface area (Å²) in [6, 6.07) is 21.7. The molecular formula is C42H56O15. The van der Waals surface area contributed by atoms with Gasteiger partial charge in [-0.15, -0.1) is 0 Å². The van der Waals surface area contributed by atoms with Gasteiger partial charge >= 0.3 is 18.5 Å². The number of benzene rings is 3. The number of para-hydroxylation sites is 3. The standard InChI is InChI=1S/C42H56O15/c1-8-42(27-46-21-24-49-39(43)55-52-36-18-12-9-15-33(36)30(2)3,28-47-22-25-50-40(44)56-53-37-19-13-10-16-34(37)31(4)5)29-48-23-26-51-41(45)57-54-38-20-14-11-17-35(38)32(6)7/h9-20,30-32H,8,21-29H2,1-7H3. The van der Waals surface area contributed by atoms with Crippen LogP contribution < -0.4 is 14.7 Å². The first kappa shape index (κ1) is 46.1. The van der Waals surface area contributed by atoms with Crippen LogP contribution in [-0.4, -0.2) is 77.9 Å². The molecule has 3 rings (SSSR count). The van der Waals surface area contributed by atoms with Gasteiger partial charge in [-0.05, 0) is 42.4 Å². The van der Waals surface area contributed by atoms with Gasteiger partial charge in [-0.3, -0.25) is 14.7 Å². The van der Waals surface area contributed by atoms with Gasteiger partial charge in [0.1, 0.15) is 19.8 Å². The Balaban J connectivity index is 1.44. The molecule has 0 aliphatic rings. The van der Waals surface area contributed by atoms with Gasteiger partial charge in [0, 0.05) is 22.1 Å². The molecule has 0 bridgehead atoms. The highest BCUT2D eigenvalue weighted by atomic mass is 17.2. The Kier molecular flexibility index (Phi) is 20.3. The number of ether oxygens (including phenoxy) is 6. The number of carbonyl (C=O) groups is 3. The van der Waals surface area contributed by atoms with Crippen LogP contribution in [0.2, 0.25) is 0 Å². The third-order valence-electron chi connectivity index (χ3n) is 8.54. The zero-order chi connectivity index (χ0) is 41.5. The van der Waals surface area contributed by atoms with E-state index in [1.807, 2.05) is 84.9 Å². The topological polar surface area (TPSA) is 162 Å². The highest BCUT2D eigenvalue weighted by Crippen LogP contribution is 2.28. The number of rotatable bonds is 25. The van der Waals surface area contributed by atoms with Crippen LogP contribution in [0.15, 0.2) is 72.8 Å². The van der Waals surface area contributed by atoms with Gasteiger partial charge in [-0.1, -0.05) is 103 Å². The van der Waals surface area contributed by atoms with Gasteiger partial charge in [-0.2, -0.15) is 14.4 Å². The lowest BCUT2D eigenvalue weighted by Gasteiger charge is -2.32. The first-order chi connectivity index (χ1) is 27.4. The summed E-state index contributed by atoms with van der Waals surface area (Å²) < 4.78 is 32.9. The molecule has 0 fully saturated rings. The zero-order valence-electron chi connectivity index (χ0n) is 33.9. The second-order valence-electron chi connectivity index (χ2n) is 13.9. The minimum Gasteiger partial charge on any atom is -0.429 e. The van der Waals surface area contributed by atoms with Crippen molar-refractivity contribution in [2.45, 2.75) is 72.6 Å². The van der Waals surface area contributed by atoms with Gasteiger partial charge in [-0.25, -0.2) is 14.7 Å². The molecule has 3 aromatic rings. The van der Waals surface area contributed by atoms with Crippen LogP contribution in [0.25, 0.3) is 0 Å². The molecule has 0 N–H and O–H groups in total. The normalized spacial score (nSPS) is 11.3. The molecule has 0 radical (unpaired) electrons. The van der Waals surface area contributed by atoms with Gasteiger partial charge in [0.2, 0.25) is 0 Å². The highest BCUT2D eigenvalue weighted by molar-refractivity contribution is 5.60. The van der Waals surface area contributed by atoms with Crippen molar-refractivity contribution < 1.29 is 72.1 Å². The summed E-state index contributed by atoms with van der Waals surface area (Å²) in [4.78, 5) is 66.5. The van der Waals surface area contributed by atoms with E-state index in [-0.39, 0.29) is 77.2 Å². The van der Waals surface area contributed by atoms with Crippen LogP contribution in [0.3, 0.4) is 0 Å². The molecule has 0 aliphatic carbocycles. The predicted molar refractivity (Wildman–Crippen MR) is 206 cm³/mol. The van der Waals surface area contributed by atoms with Crippen molar-refractivity contribution in [1.82, 2.24) is 0 Å². The Morgan fingerprint density at radius 1 is 0.456 bits per heavy atom. The van der Waals surface area contributed by atoms with E-state index in [9.17, 15) is 14.4 Å². The monoisotopic (exact) mass is 800 g/mol. The van der Waals surface area contributed by atoms with E-state index in [2.05, 4.69) is 0 Å². The molecule has 0 spiro atoms. The Morgan fingerprint density at radius 3 is 1.00 bits per heavy atom. The van der Waals surface area contributed by atoms with Gasteiger partial charge in [0.05, 0.1) is 39.6 Å². The molecule has 0 saturated heterocycles. The summed E-state index contributed by atoms with van der Waals surface area (Å²) in [5.74, 6) is 1.72. The van der Waals surface area contributed by atoms with E-state index < -0.39 is 23.9 Å². The molecule has 15 nitrogen and oxygen atoms in total. The Hall–Kier alpha value is -5.25. The Morgan fingerprint density at radius 2 is 0.737 bits per heavy atom. The van der Waals surface area contributed by atoms with Crippen molar-refractivity contribution in [3.63, 3.8) is 0 Å². The number of hydrogen-bond acceptors (Lipinski definition) is 15. The second kappa shape index (κ2) is 25.1. The van der Waals surface area contributed by atoms with Crippen LogP contribution in [0.4, 0.5) is 14.4 Å². The fraction of sp³-hybridized carbons (Fsp3) is 0.500. The summed E-state index contributed by atoms with van der Waals surface area (Å²) in [5, 5.41) is 0. The molecular weight excluding hydrogens is 744 g/mol. The van der Waals surface area contributed by atoms with Crippen LogP contribution >= 0.6 is 0 Å². The first-order valence-electron chi connectivity index (χ1n) is 19.0. The highest BCUT2D eigenvalue weighted by Gasteiger charge is 2.30. The van der Waals surface area contributed by atoms with E-state index in [1.165, 1.54) is 0 Å². The zero-order valence-corrected chi connectivity index (χ0v) is 33.9. The molecule has 314 valence electrons. The third kappa shape index (κ3) is 16.8. The molecule has 0 saturated carbocycles. The lowest BCUT2D eigenvalue weighted by atomic mass is 9.88. The quantitative estimate of drug-likeness (QED) is 0.0262. The van der Waals surface area contributed by atoms with Crippen molar-refractivity contribution in [1.29, 1.82) is 0 Å². The van der Waals surface area contributed by atoms with E-state index in [1.54, 1.807) is 36.4 Å². The molecule has 0 amide bonds. The fourth-order valence-corrected chi connectivity index (χ4v) is 5.26. The van der Waals surface area contributed by atoms with Crippen LogP contribution in [0, 0.1) is 5.41 Å². The van der Waals surface area contributed by atoms with Crippen LogP contribution in [-0.2, 0) is 43.1 Å². The van der Waals surface area contributed by atoms with E-state index in [0.717, 1.165) is 16.7 Å². The summed E-state index contributed by atoms with van der Waals surface area (Å²) in [6.45, 7) is 14.1. The minimum atomic E-state index is -1.02. The summed E-state index contributed by atoms with van der Waals surface area (Å²) in [7, 11) is 0. The van der Waals surface area contributed by atoms with Crippen molar-refractivity contribution in [3.05, 3.63) is 89.5 Å². The van der Waals surface area contributed by atoms with Crippen molar-refractivity contribution >= 4 is 18.5 Å². The van der Waals surface area contributed by atoms with E-state index in [0.29, 0.717) is 23.7 Å². The van der Waals surface area contributed by atoms with Crippen molar-refractivity contribution in [2.75, 3.05) is 59.5 Å². The summed E-state index contributed by atoms with van der Waals surface area (Å²) >= 11 is 0. The molecule has 0 heterocycles. The maximum absolute atomic E-state index is 12.2. The third-order valence-corrected chi connectivity index (χ3v) is 8.54. The van der Waals surface area contributed by atoms with Gasteiger partial charge in [0.15, 0.2) is 17.2 Å². The molecule has 0 aliphatic heterocycles. The molecule has 0 aromatic heterocycles. The molecule has 0 atom stereocenters. The second-order valence-corrected chi connectivity index (χ2v) is 13.9. The average molecular weight is 801 g/mol. The maximum Gasteiger partial charge on any atom is 0.549 e. The fourth-order valence-electron chi connectivity index (χ4n) is 5.26.